The van der Waals surface area contributed by atoms with Crippen molar-refractivity contribution in [3.05, 3.63) is 65.7 Å². The van der Waals surface area contributed by atoms with Crippen LogP contribution in [0.1, 0.15) is 38.2 Å². The summed E-state index contributed by atoms with van der Waals surface area (Å²) in [4.78, 5) is 30.3. The number of benzene rings is 1. The van der Waals surface area contributed by atoms with Crippen molar-refractivity contribution >= 4 is 46.3 Å². The highest BCUT2D eigenvalue weighted by atomic mass is 35.5. The maximum Gasteiger partial charge on any atom is 0.245 e. The van der Waals surface area contributed by atoms with Crippen LogP contribution in [-0.2, 0) is 4.79 Å². The number of nitrogens with one attached hydrogen (secondary N) is 2. The van der Waals surface area contributed by atoms with Crippen molar-refractivity contribution in [2.75, 3.05) is 25.0 Å². The number of aromatic nitrogens is 3. The number of nitrogens with two attached hydrogens (primary N) is 1. The maximum absolute atomic E-state index is 12.0. The zero-order valence-electron chi connectivity index (χ0n) is 21.1. The number of carbonyl (C=O) groups excluding carboxylic acids is 1. The Morgan fingerprint density at radius 3 is 2.84 bits per heavy atom. The van der Waals surface area contributed by atoms with E-state index >= 15 is 0 Å². The van der Waals surface area contributed by atoms with Gasteiger partial charge >= 0.3 is 0 Å². The summed E-state index contributed by atoms with van der Waals surface area (Å²) < 4.78 is 5.85. The molecule has 0 atom stereocenters. The first-order valence-electron chi connectivity index (χ1n) is 12.3. The first kappa shape index (κ1) is 26.2. The van der Waals surface area contributed by atoms with Gasteiger partial charge in [-0.25, -0.2) is 9.97 Å². The van der Waals surface area contributed by atoms with E-state index in [1.807, 2.05) is 31.0 Å². The summed E-state index contributed by atoms with van der Waals surface area (Å²) in [5.74, 6) is 1.50. The van der Waals surface area contributed by atoms with Gasteiger partial charge in [-0.15, -0.1) is 0 Å². The number of carbonyl (C=O) groups is 1. The molecule has 194 valence electrons. The minimum atomic E-state index is -0.0219. The number of piperidine rings is 1. The van der Waals surface area contributed by atoms with Gasteiger partial charge in [-0.2, -0.15) is 0 Å². The summed E-state index contributed by atoms with van der Waals surface area (Å²) in [6.45, 7) is 9.22. The Bertz CT molecular complexity index is 1320. The molecule has 4 rings (SSSR count). The molecule has 10 heteroatoms. The molecule has 1 saturated heterocycles. The van der Waals surface area contributed by atoms with E-state index < -0.39 is 0 Å². The zero-order chi connectivity index (χ0) is 26.4. The molecule has 0 spiro atoms. The molecule has 3 heterocycles. The van der Waals surface area contributed by atoms with E-state index in [9.17, 15) is 4.79 Å². The fourth-order valence-corrected chi connectivity index (χ4v) is 4.55. The Morgan fingerprint density at radius 2 is 2.16 bits per heavy atom. The van der Waals surface area contributed by atoms with Crippen LogP contribution in [-0.4, -0.2) is 57.7 Å². The molecule has 1 aliphatic rings. The third-order valence-corrected chi connectivity index (χ3v) is 6.56. The van der Waals surface area contributed by atoms with Gasteiger partial charge in [0.25, 0.3) is 0 Å². The number of nitrogens with zero attached hydrogens (tertiary/aromatic N) is 4. The van der Waals surface area contributed by atoms with E-state index in [0.717, 1.165) is 40.7 Å². The van der Waals surface area contributed by atoms with Crippen molar-refractivity contribution in [1.29, 1.82) is 0 Å². The van der Waals surface area contributed by atoms with Crippen LogP contribution in [0.2, 0.25) is 5.02 Å². The lowest BCUT2D eigenvalue weighted by molar-refractivity contribution is -0.127. The van der Waals surface area contributed by atoms with Gasteiger partial charge in [-0.05, 0) is 62.4 Å². The van der Waals surface area contributed by atoms with Crippen LogP contribution in [0.3, 0.4) is 0 Å². The summed E-state index contributed by atoms with van der Waals surface area (Å²) in [6, 6.07) is 5.66. The summed E-state index contributed by atoms with van der Waals surface area (Å²) >= 11 is 6.52. The molecule has 1 aromatic carbocycles. The number of aromatic amines is 1. The average Bonchev–Trinajstić information content (AvgIpc) is 3.34. The second-order valence-electron chi connectivity index (χ2n) is 9.17. The molecule has 37 heavy (non-hydrogen) atoms. The van der Waals surface area contributed by atoms with Crippen LogP contribution >= 0.6 is 11.6 Å². The molecule has 0 bridgehead atoms. The molecule has 0 unspecified atom stereocenters. The predicted octanol–water partition coefficient (Wildman–Crippen LogP) is 4.95. The van der Waals surface area contributed by atoms with E-state index in [4.69, 9.17) is 22.1 Å². The van der Waals surface area contributed by atoms with Crippen molar-refractivity contribution in [2.24, 2.45) is 10.7 Å². The number of likely N-dealkylation sites (tertiary alicyclic amines) is 1. The van der Waals surface area contributed by atoms with Crippen molar-refractivity contribution in [3.63, 3.8) is 0 Å². The number of hydrogen-bond acceptors (Lipinski definition) is 7. The smallest absolute Gasteiger partial charge is 0.245 e. The highest BCUT2D eigenvalue weighted by Gasteiger charge is 2.26. The molecule has 1 fully saturated rings. The maximum atomic E-state index is 12.0. The first-order valence-corrected chi connectivity index (χ1v) is 12.6. The second kappa shape index (κ2) is 11.9. The van der Waals surface area contributed by atoms with Crippen molar-refractivity contribution < 1.29 is 9.53 Å². The molecular weight excluding hydrogens is 490 g/mol. The Kier molecular flexibility index (Phi) is 8.45. The lowest BCUT2D eigenvalue weighted by Gasteiger charge is -2.31. The van der Waals surface area contributed by atoms with Gasteiger partial charge in [0, 0.05) is 49.0 Å². The fourth-order valence-electron chi connectivity index (χ4n) is 4.31. The molecule has 0 saturated carbocycles. The normalized spacial score (nSPS) is 15.0. The molecule has 3 aromatic rings. The minimum absolute atomic E-state index is 0.0219. The summed E-state index contributed by atoms with van der Waals surface area (Å²) in [5.41, 5.74) is 9.11. The number of halogens is 1. The summed E-state index contributed by atoms with van der Waals surface area (Å²) in [7, 11) is 0. The molecule has 0 aliphatic carbocycles. The lowest BCUT2D eigenvalue weighted by atomic mass is 9.89. The first-order chi connectivity index (χ1) is 17.9. The van der Waals surface area contributed by atoms with Crippen LogP contribution in [0.4, 0.5) is 11.5 Å². The largest absolute Gasteiger partial charge is 0.487 e. The SMILES string of the molecule is C=CC(=O)N1CCC(c2c[nH]c3ncnc(Nc4ccc(OC/C(C=NC(C)C)=C/N)c(Cl)c4)c23)CC1. The third kappa shape index (κ3) is 6.29. The van der Waals surface area contributed by atoms with E-state index in [1.54, 1.807) is 18.3 Å². The Hall–Kier alpha value is -3.85. The molecule has 2 aromatic heterocycles. The van der Waals surface area contributed by atoms with Gasteiger partial charge in [0.15, 0.2) is 0 Å². The van der Waals surface area contributed by atoms with Gasteiger partial charge in [0.2, 0.25) is 5.91 Å². The van der Waals surface area contributed by atoms with Gasteiger partial charge in [0.05, 0.1) is 10.4 Å². The predicted molar refractivity (Wildman–Crippen MR) is 149 cm³/mol. The summed E-state index contributed by atoms with van der Waals surface area (Å²) in [6.07, 6.45) is 9.80. The van der Waals surface area contributed by atoms with Gasteiger partial charge in [0.1, 0.15) is 30.1 Å². The van der Waals surface area contributed by atoms with E-state index in [0.29, 0.717) is 29.7 Å². The number of anilines is 2. The van der Waals surface area contributed by atoms with Crippen LogP contribution in [0.15, 0.2) is 60.1 Å². The van der Waals surface area contributed by atoms with Crippen molar-refractivity contribution in [2.45, 2.75) is 38.6 Å². The average molecular weight is 522 g/mol. The number of H-pyrrole nitrogens is 1. The number of rotatable bonds is 9. The number of aliphatic imine (C=N–C) groups is 1. The van der Waals surface area contributed by atoms with Crippen LogP contribution in [0, 0.1) is 0 Å². The van der Waals surface area contributed by atoms with Crippen molar-refractivity contribution in [1.82, 2.24) is 19.9 Å². The molecule has 9 nitrogen and oxygen atoms in total. The molecule has 0 radical (unpaired) electrons. The number of hydrogen-bond donors (Lipinski definition) is 3. The topological polar surface area (TPSA) is 122 Å². The number of ether oxygens (including phenoxy) is 1. The van der Waals surface area contributed by atoms with Gasteiger partial charge in [-0.3, -0.25) is 9.79 Å². The fraction of sp³-hybridized carbons (Fsp3) is 0.333. The molecule has 1 amide bonds. The summed E-state index contributed by atoms with van der Waals surface area (Å²) in [5, 5.41) is 4.78. The lowest BCUT2D eigenvalue weighted by Crippen LogP contribution is -2.36. The Labute approximate surface area is 221 Å². The van der Waals surface area contributed by atoms with Crippen molar-refractivity contribution in [3.8, 4) is 5.75 Å². The Balaban J connectivity index is 1.49. The molecular formula is C27H32ClN7O2. The van der Waals surface area contributed by atoms with Crippen LogP contribution in [0.5, 0.6) is 5.75 Å². The number of amides is 1. The minimum Gasteiger partial charge on any atom is -0.487 e. The van der Waals surface area contributed by atoms with Crippen LogP contribution < -0.4 is 15.8 Å². The monoisotopic (exact) mass is 521 g/mol. The standard InChI is InChI=1S/C27H32ClN7O2/c1-4-24(36)35-9-7-19(8-10-35)21-14-31-26-25(21)27(33-16-32-26)34-20-5-6-23(22(28)11-20)37-15-18(12-29)13-30-17(2)3/h4-6,11-14,16-17,19H,1,7-10,15,29H2,2-3H3,(H2,31,32,33,34)/b18-12+,30-13?. The highest BCUT2D eigenvalue weighted by Crippen LogP contribution is 2.37. The van der Waals surface area contributed by atoms with Crippen LogP contribution in [0.25, 0.3) is 11.0 Å². The van der Waals surface area contributed by atoms with Gasteiger partial charge < -0.3 is 25.7 Å². The van der Waals surface area contributed by atoms with E-state index in [-0.39, 0.29) is 24.5 Å². The number of fused-ring (bicyclic) bond motifs is 1. The van der Waals surface area contributed by atoms with Gasteiger partial charge in [-0.1, -0.05) is 18.2 Å². The highest BCUT2D eigenvalue weighted by molar-refractivity contribution is 6.32. The second-order valence-corrected chi connectivity index (χ2v) is 9.57. The molecule has 4 N–H and O–H groups in total. The van der Waals surface area contributed by atoms with E-state index in [2.05, 4.69) is 31.8 Å². The third-order valence-electron chi connectivity index (χ3n) is 6.26. The quantitative estimate of drug-likeness (QED) is 0.270. The van der Waals surface area contributed by atoms with E-state index in [1.165, 1.54) is 18.6 Å². The zero-order valence-corrected chi connectivity index (χ0v) is 21.8. The molecule has 1 aliphatic heterocycles. The Morgan fingerprint density at radius 1 is 1.38 bits per heavy atom.